The van der Waals surface area contributed by atoms with Gasteiger partial charge in [-0.15, -0.1) is 11.3 Å². The van der Waals surface area contributed by atoms with Crippen LogP contribution >= 0.6 is 11.3 Å². The van der Waals surface area contributed by atoms with Crippen LogP contribution in [0.15, 0.2) is 23.6 Å². The lowest BCUT2D eigenvalue weighted by Crippen LogP contribution is -2.57. The maximum Gasteiger partial charge on any atom is 0.254 e. The molecule has 1 aromatic carbocycles. The summed E-state index contributed by atoms with van der Waals surface area (Å²) >= 11 is 1.12. The molecule has 12 heteroatoms. The van der Waals surface area contributed by atoms with Crippen LogP contribution in [0.4, 0.5) is 13.2 Å². The molecule has 0 bridgehead atoms. The zero-order chi connectivity index (χ0) is 23.3. The number of hydrogen-bond donors (Lipinski definition) is 2. The first kappa shape index (κ1) is 23.1. The molecule has 2 N–H and O–H groups in total. The highest BCUT2D eigenvalue weighted by Crippen LogP contribution is 2.37. The molecule has 1 saturated carbocycles. The largest absolute Gasteiger partial charge is 0.380 e. The van der Waals surface area contributed by atoms with Crippen molar-refractivity contribution < 1.29 is 31.5 Å². The number of carbonyl (C=O) groups is 1. The minimum Gasteiger partial charge on any atom is -0.380 e. The summed E-state index contributed by atoms with van der Waals surface area (Å²) in [6.45, 7) is -0.356. The topological polar surface area (TPSA) is 99.6 Å². The molecule has 1 saturated heterocycles. The van der Waals surface area contributed by atoms with Crippen molar-refractivity contribution in [2.45, 2.75) is 49.5 Å². The van der Waals surface area contributed by atoms with Crippen molar-refractivity contribution in [3.05, 3.63) is 40.9 Å². The Labute approximate surface area is 187 Å². The molecule has 1 amide bonds. The van der Waals surface area contributed by atoms with Crippen LogP contribution < -0.4 is 4.72 Å². The predicted octanol–water partition coefficient (Wildman–Crippen LogP) is 2.01. The molecule has 2 fully saturated rings. The van der Waals surface area contributed by atoms with Crippen LogP contribution in [-0.2, 0) is 21.2 Å². The number of halogens is 3. The molecular weight excluding hydrogens is 467 g/mol. The molecule has 2 aromatic rings. The first-order valence-corrected chi connectivity index (χ1v) is 12.8. The lowest BCUT2D eigenvalue weighted by Gasteiger charge is -2.40. The smallest absolute Gasteiger partial charge is 0.254 e. The van der Waals surface area contributed by atoms with E-state index in [1.165, 1.54) is 4.90 Å². The Morgan fingerprint density at radius 2 is 1.97 bits per heavy atom. The molecule has 0 radical (unpaired) electrons. The molecular formula is C20H22F3N3O4S2. The number of benzene rings is 1. The van der Waals surface area contributed by atoms with Gasteiger partial charge in [-0.3, -0.25) is 4.79 Å². The number of rotatable bonds is 6. The van der Waals surface area contributed by atoms with Gasteiger partial charge in [-0.2, -0.15) is 0 Å². The number of aromatic nitrogens is 1. The number of carbonyl (C=O) groups excluding carboxylic acids is 1. The van der Waals surface area contributed by atoms with E-state index in [4.69, 9.17) is 0 Å². The normalized spacial score (nSPS) is 25.0. The van der Waals surface area contributed by atoms with Crippen molar-refractivity contribution >= 4 is 27.3 Å². The maximum absolute atomic E-state index is 14.8. The van der Waals surface area contributed by atoms with Crippen LogP contribution in [0.5, 0.6) is 0 Å². The highest BCUT2D eigenvalue weighted by atomic mass is 32.2. The van der Waals surface area contributed by atoms with E-state index in [0.29, 0.717) is 17.1 Å². The van der Waals surface area contributed by atoms with E-state index in [2.05, 4.69) is 9.71 Å². The summed E-state index contributed by atoms with van der Waals surface area (Å²) in [5, 5.41) is 12.4. The Bertz CT molecular complexity index is 1120. The summed E-state index contributed by atoms with van der Waals surface area (Å²) < 4.78 is 67.8. The van der Waals surface area contributed by atoms with E-state index in [1.54, 1.807) is 5.38 Å². The summed E-state index contributed by atoms with van der Waals surface area (Å²) in [7, 11) is -3.78. The third-order valence-electron chi connectivity index (χ3n) is 5.85. The number of likely N-dealkylation sites (tertiary alicyclic amines) is 1. The van der Waals surface area contributed by atoms with Crippen molar-refractivity contribution in [3.63, 3.8) is 0 Å². The Morgan fingerprint density at radius 3 is 2.53 bits per heavy atom. The van der Waals surface area contributed by atoms with Gasteiger partial charge in [0, 0.05) is 23.4 Å². The fourth-order valence-corrected chi connectivity index (χ4v) is 5.78. The Hall–Kier alpha value is -2.02. The first-order chi connectivity index (χ1) is 14.9. The second kappa shape index (κ2) is 8.40. The van der Waals surface area contributed by atoms with Crippen LogP contribution in [0.3, 0.4) is 0 Å². The fourth-order valence-electron chi connectivity index (χ4n) is 4.16. The maximum atomic E-state index is 14.8. The highest BCUT2D eigenvalue weighted by Gasteiger charge is 2.52. The number of alkyl halides is 1. The van der Waals surface area contributed by atoms with Gasteiger partial charge in [0.1, 0.15) is 28.4 Å². The van der Waals surface area contributed by atoms with Crippen LogP contribution in [-0.4, -0.2) is 66.0 Å². The summed E-state index contributed by atoms with van der Waals surface area (Å²) in [5.74, 6) is -2.14. The highest BCUT2D eigenvalue weighted by molar-refractivity contribution is 7.88. The number of hydrogen-bond acceptors (Lipinski definition) is 6. The lowest BCUT2D eigenvalue weighted by atomic mass is 9.79. The van der Waals surface area contributed by atoms with Gasteiger partial charge < -0.3 is 10.0 Å². The van der Waals surface area contributed by atoms with Gasteiger partial charge in [0.05, 0.1) is 30.6 Å². The second-order valence-electron chi connectivity index (χ2n) is 8.35. The zero-order valence-corrected chi connectivity index (χ0v) is 18.7. The van der Waals surface area contributed by atoms with Gasteiger partial charge in [-0.25, -0.2) is 31.3 Å². The van der Waals surface area contributed by atoms with Crippen molar-refractivity contribution in [2.24, 2.45) is 0 Å². The Kier molecular flexibility index (Phi) is 6.07. The predicted molar refractivity (Wildman–Crippen MR) is 112 cm³/mol. The van der Waals surface area contributed by atoms with Crippen LogP contribution in [0.1, 0.15) is 25.0 Å². The zero-order valence-electron chi connectivity index (χ0n) is 17.1. The minimum absolute atomic E-state index is 0.00369. The third kappa shape index (κ3) is 4.68. The van der Waals surface area contributed by atoms with Gasteiger partial charge in [0.15, 0.2) is 0 Å². The minimum atomic E-state index is -3.78. The standard InChI is InChI=1S/C20H22F3N3O4S2/c1-32(29,30)25-17-15(23)9-26(19(27)20(28)3-2-4-20)16(17)8-14-10-31-18(24-14)11-5-12(21)7-13(22)6-11/h5-7,10,15-17,25,28H,2-4,8-9H2,1H3/t15-,16-,17-/m0/s1. The number of nitrogens with one attached hydrogen (secondary N) is 1. The number of nitrogens with zero attached hydrogens (tertiary/aromatic N) is 2. The summed E-state index contributed by atoms with van der Waals surface area (Å²) in [4.78, 5) is 18.5. The molecule has 0 unspecified atom stereocenters. The monoisotopic (exact) mass is 489 g/mol. The molecule has 2 heterocycles. The van der Waals surface area contributed by atoms with E-state index in [1.807, 2.05) is 0 Å². The van der Waals surface area contributed by atoms with Crippen LogP contribution in [0, 0.1) is 11.6 Å². The summed E-state index contributed by atoms with van der Waals surface area (Å²) in [6, 6.07) is 0.878. The third-order valence-corrected chi connectivity index (χ3v) is 7.49. The number of thiazole rings is 1. The van der Waals surface area contributed by atoms with E-state index in [-0.39, 0.29) is 31.4 Å². The van der Waals surface area contributed by atoms with Gasteiger partial charge in [0.2, 0.25) is 10.0 Å². The molecule has 1 aromatic heterocycles. The molecule has 32 heavy (non-hydrogen) atoms. The molecule has 1 aliphatic carbocycles. The molecule has 7 nitrogen and oxygen atoms in total. The number of amides is 1. The molecule has 1 aliphatic heterocycles. The summed E-state index contributed by atoms with van der Waals surface area (Å²) in [6.07, 6.45) is 0.441. The van der Waals surface area contributed by atoms with Crippen molar-refractivity contribution in [2.75, 3.05) is 12.8 Å². The Balaban J connectivity index is 1.62. The summed E-state index contributed by atoms with van der Waals surface area (Å²) in [5.41, 5.74) is -0.923. The van der Waals surface area contributed by atoms with E-state index in [9.17, 15) is 31.5 Å². The van der Waals surface area contributed by atoms with E-state index >= 15 is 0 Å². The van der Waals surface area contributed by atoms with Crippen LogP contribution in [0.2, 0.25) is 0 Å². The number of aliphatic hydroxyl groups is 1. The number of sulfonamides is 1. The average Bonchev–Trinajstić information content (AvgIpc) is 3.24. The molecule has 4 rings (SSSR count). The van der Waals surface area contributed by atoms with Crippen LogP contribution in [0.25, 0.3) is 10.6 Å². The molecule has 0 spiro atoms. The first-order valence-electron chi connectivity index (χ1n) is 10.0. The van der Waals surface area contributed by atoms with Crippen molar-refractivity contribution in [1.29, 1.82) is 0 Å². The molecule has 2 aliphatic rings. The molecule has 174 valence electrons. The average molecular weight is 490 g/mol. The van der Waals surface area contributed by atoms with Gasteiger partial charge >= 0.3 is 0 Å². The Morgan fingerprint density at radius 1 is 1.31 bits per heavy atom. The van der Waals surface area contributed by atoms with Crippen molar-refractivity contribution in [3.8, 4) is 10.6 Å². The van der Waals surface area contributed by atoms with E-state index in [0.717, 1.165) is 35.8 Å². The SMILES string of the molecule is CS(=O)(=O)N[C@H]1[C@@H](F)CN(C(=O)C2(O)CCC2)[C@H]1Cc1csc(-c2cc(F)cc(F)c2)n1. The quantitative estimate of drug-likeness (QED) is 0.647. The van der Waals surface area contributed by atoms with Gasteiger partial charge in [-0.1, -0.05) is 0 Å². The lowest BCUT2D eigenvalue weighted by molar-refractivity contribution is -0.161. The van der Waals surface area contributed by atoms with E-state index < -0.39 is 51.4 Å². The van der Waals surface area contributed by atoms with Gasteiger partial charge in [-0.05, 0) is 31.4 Å². The second-order valence-corrected chi connectivity index (χ2v) is 11.0. The van der Waals surface area contributed by atoms with Gasteiger partial charge in [0.25, 0.3) is 5.91 Å². The molecule has 3 atom stereocenters. The van der Waals surface area contributed by atoms with Crippen molar-refractivity contribution in [1.82, 2.24) is 14.6 Å². The fraction of sp³-hybridized carbons (Fsp3) is 0.500.